The molecule has 1 aliphatic heterocycles. The molecule has 0 radical (unpaired) electrons. The normalized spacial score (nSPS) is 20.2. The second-order valence-electron chi connectivity index (χ2n) is 12.5. The molecular weight excluding hydrogens is 476 g/mol. The van der Waals surface area contributed by atoms with Gasteiger partial charge in [0.2, 0.25) is 5.91 Å². The third-order valence-electron chi connectivity index (χ3n) is 5.44. The Hall–Kier alpha value is -2.84. The molecule has 1 aliphatic rings. The van der Waals surface area contributed by atoms with Crippen LogP contribution in [-0.2, 0) is 23.8 Å². The van der Waals surface area contributed by atoms with Crippen LogP contribution in [0.3, 0.4) is 0 Å². The molecule has 3 amide bonds. The van der Waals surface area contributed by atoms with Crippen LogP contribution >= 0.6 is 0 Å². The van der Waals surface area contributed by atoms with Gasteiger partial charge in [0.15, 0.2) is 0 Å². The smallest absolute Gasteiger partial charge is 0.417 e. The van der Waals surface area contributed by atoms with E-state index in [9.17, 15) is 19.2 Å². The van der Waals surface area contributed by atoms with Crippen molar-refractivity contribution in [1.82, 2.24) is 9.80 Å². The van der Waals surface area contributed by atoms with Gasteiger partial charge in [-0.1, -0.05) is 18.2 Å². The second kappa shape index (κ2) is 12.1. The van der Waals surface area contributed by atoms with Crippen molar-refractivity contribution in [3.8, 4) is 0 Å². The minimum Gasteiger partial charge on any atom is -0.458 e. The summed E-state index contributed by atoms with van der Waals surface area (Å²) in [4.78, 5) is 53.4. The van der Waals surface area contributed by atoms with Crippen molar-refractivity contribution in [2.75, 3.05) is 6.54 Å². The van der Waals surface area contributed by atoms with Crippen molar-refractivity contribution in [2.45, 2.75) is 117 Å². The van der Waals surface area contributed by atoms with Crippen LogP contribution in [0.5, 0.6) is 0 Å². The predicted molar refractivity (Wildman–Crippen MR) is 142 cm³/mol. The van der Waals surface area contributed by atoms with E-state index in [0.29, 0.717) is 24.8 Å². The lowest BCUT2D eigenvalue weighted by atomic mass is 9.94. The number of imide groups is 1. The molecule has 9 nitrogen and oxygen atoms in total. The number of hydrogen-bond acceptors (Lipinski definition) is 7. The van der Waals surface area contributed by atoms with E-state index in [2.05, 4.69) is 13.2 Å². The van der Waals surface area contributed by atoms with Crippen molar-refractivity contribution in [1.29, 1.82) is 0 Å². The monoisotopic (exact) mass is 522 g/mol. The average molecular weight is 523 g/mol. The fourth-order valence-corrected chi connectivity index (χ4v) is 4.01. The first-order chi connectivity index (χ1) is 16.6. The molecular formula is C28H46N2O7. The molecule has 37 heavy (non-hydrogen) atoms. The van der Waals surface area contributed by atoms with Crippen molar-refractivity contribution in [3.63, 3.8) is 0 Å². The van der Waals surface area contributed by atoms with Crippen LogP contribution in [0.4, 0.5) is 9.59 Å². The van der Waals surface area contributed by atoms with Gasteiger partial charge in [-0.2, -0.15) is 0 Å². The summed E-state index contributed by atoms with van der Waals surface area (Å²) in [5.41, 5.74) is -1.62. The topological polar surface area (TPSA) is 102 Å². The number of hydrogen-bond donors (Lipinski definition) is 0. The molecule has 0 bridgehead atoms. The van der Waals surface area contributed by atoms with Gasteiger partial charge in [0.1, 0.15) is 22.8 Å². The van der Waals surface area contributed by atoms with Gasteiger partial charge in [0.25, 0.3) is 0 Å². The zero-order valence-corrected chi connectivity index (χ0v) is 24.3. The van der Waals surface area contributed by atoms with Crippen molar-refractivity contribution in [2.24, 2.45) is 5.92 Å². The summed E-state index contributed by atoms with van der Waals surface area (Å²) >= 11 is 0. The predicted octanol–water partition coefficient (Wildman–Crippen LogP) is 5.63. The minimum atomic E-state index is -0.828. The van der Waals surface area contributed by atoms with E-state index in [1.165, 1.54) is 11.8 Å². The molecule has 0 aromatic heterocycles. The first-order valence-corrected chi connectivity index (χ1v) is 12.7. The number of carbonyl (C=O) groups excluding carboxylic acids is 4. The Kier molecular flexibility index (Phi) is 10.6. The number of amides is 3. The van der Waals surface area contributed by atoms with E-state index in [0.717, 1.165) is 4.90 Å². The lowest BCUT2D eigenvalue weighted by Crippen LogP contribution is -2.49. The van der Waals surface area contributed by atoms with E-state index in [1.807, 2.05) is 0 Å². The number of nitrogens with zero attached hydrogens (tertiary/aromatic N) is 2. The maximum atomic E-state index is 13.3. The van der Waals surface area contributed by atoms with Crippen molar-refractivity contribution in [3.05, 3.63) is 24.8 Å². The quantitative estimate of drug-likeness (QED) is 0.243. The first kappa shape index (κ1) is 32.2. The van der Waals surface area contributed by atoms with Gasteiger partial charge in [0, 0.05) is 13.0 Å². The molecule has 0 aromatic rings. The van der Waals surface area contributed by atoms with Gasteiger partial charge in [-0.05, 0) is 87.5 Å². The summed E-state index contributed by atoms with van der Waals surface area (Å²) < 4.78 is 16.6. The zero-order chi connectivity index (χ0) is 28.9. The van der Waals surface area contributed by atoms with E-state index in [4.69, 9.17) is 14.2 Å². The highest BCUT2D eigenvalue weighted by molar-refractivity contribution is 5.91. The summed E-state index contributed by atoms with van der Waals surface area (Å²) in [6.45, 7) is 25.0. The summed E-state index contributed by atoms with van der Waals surface area (Å²) in [5.74, 6) is -1.15. The highest BCUT2D eigenvalue weighted by atomic mass is 16.6. The van der Waals surface area contributed by atoms with Crippen LogP contribution in [0.1, 0.15) is 88.5 Å². The standard InChI is InChI=1S/C28H46N2O7/c1-13-20-16-22(23(32)35-26(4,5)6)30(25(34)37-28(10,11)12)21(20)15-14-18(2)17-29(19(3)31)24(33)36-27(7,8)9/h13,20-22H,1-2,14-17H2,3-12H3/t20-,21-,22-/m1/s1. The minimum absolute atomic E-state index is 0.0162. The summed E-state index contributed by atoms with van der Waals surface area (Å²) in [6.07, 6.45) is 1.55. The van der Waals surface area contributed by atoms with Gasteiger partial charge in [-0.3, -0.25) is 9.69 Å². The molecule has 0 N–H and O–H groups in total. The number of ether oxygens (including phenoxy) is 3. The summed E-state index contributed by atoms with van der Waals surface area (Å²) in [6, 6.07) is -1.24. The van der Waals surface area contributed by atoms with Crippen LogP contribution in [-0.4, -0.2) is 69.3 Å². The van der Waals surface area contributed by atoms with Crippen molar-refractivity contribution >= 4 is 24.1 Å². The maximum absolute atomic E-state index is 13.3. The largest absolute Gasteiger partial charge is 0.458 e. The second-order valence-corrected chi connectivity index (χ2v) is 12.5. The molecule has 9 heteroatoms. The highest BCUT2D eigenvalue weighted by Gasteiger charge is 2.48. The van der Waals surface area contributed by atoms with Gasteiger partial charge in [-0.15, -0.1) is 6.58 Å². The van der Waals surface area contributed by atoms with E-state index < -0.39 is 52.9 Å². The fraction of sp³-hybridized carbons (Fsp3) is 0.714. The molecule has 0 saturated carbocycles. The van der Waals surface area contributed by atoms with Crippen LogP contribution in [0, 0.1) is 5.92 Å². The average Bonchev–Trinajstić information content (AvgIpc) is 3.05. The van der Waals surface area contributed by atoms with Crippen molar-refractivity contribution < 1.29 is 33.4 Å². The molecule has 1 saturated heterocycles. The van der Waals surface area contributed by atoms with Gasteiger partial charge < -0.3 is 14.2 Å². The van der Waals surface area contributed by atoms with Crippen LogP contribution in [0.15, 0.2) is 24.8 Å². The first-order valence-electron chi connectivity index (χ1n) is 12.7. The Morgan fingerprint density at radius 3 is 1.86 bits per heavy atom. The Bertz CT molecular complexity index is 890. The summed E-state index contributed by atoms with van der Waals surface area (Å²) in [5, 5.41) is 0. The molecule has 0 aromatic carbocycles. The maximum Gasteiger partial charge on any atom is 0.417 e. The molecule has 0 aliphatic carbocycles. The number of esters is 1. The fourth-order valence-electron chi connectivity index (χ4n) is 4.01. The number of rotatable bonds is 7. The highest BCUT2D eigenvalue weighted by Crippen LogP contribution is 2.36. The Balaban J connectivity index is 3.13. The third-order valence-corrected chi connectivity index (χ3v) is 5.44. The Morgan fingerprint density at radius 1 is 0.919 bits per heavy atom. The third kappa shape index (κ3) is 10.6. The number of likely N-dealkylation sites (tertiary alicyclic amines) is 1. The van der Waals surface area contributed by atoms with Crippen LogP contribution in [0.25, 0.3) is 0 Å². The van der Waals surface area contributed by atoms with Gasteiger partial charge in [0.05, 0.1) is 6.54 Å². The lowest BCUT2D eigenvalue weighted by molar-refractivity contribution is -0.160. The molecule has 0 spiro atoms. The zero-order valence-electron chi connectivity index (χ0n) is 24.3. The van der Waals surface area contributed by atoms with Gasteiger partial charge in [-0.25, -0.2) is 19.3 Å². The SMILES string of the molecule is C=C[C@@H]1C[C@H](C(=O)OC(C)(C)C)N(C(=O)OC(C)(C)C)[C@@H]1CCC(=C)CN(C(C)=O)C(=O)OC(C)(C)C. The molecule has 210 valence electrons. The van der Waals surface area contributed by atoms with Crippen LogP contribution in [0.2, 0.25) is 0 Å². The molecule has 1 fully saturated rings. The van der Waals surface area contributed by atoms with E-state index in [1.54, 1.807) is 68.4 Å². The van der Waals surface area contributed by atoms with E-state index >= 15 is 0 Å². The molecule has 1 heterocycles. The molecule has 0 unspecified atom stereocenters. The van der Waals surface area contributed by atoms with E-state index in [-0.39, 0.29) is 12.5 Å². The summed E-state index contributed by atoms with van der Waals surface area (Å²) in [7, 11) is 0. The van der Waals surface area contributed by atoms with Crippen LogP contribution < -0.4 is 0 Å². The van der Waals surface area contributed by atoms with Gasteiger partial charge >= 0.3 is 18.2 Å². The molecule has 3 atom stereocenters. The molecule has 1 rings (SSSR count). The number of carbonyl (C=O) groups is 4. The Morgan fingerprint density at radius 2 is 1.43 bits per heavy atom. The lowest BCUT2D eigenvalue weighted by Gasteiger charge is -2.34. The Labute approximate surface area is 222 Å².